The highest BCUT2D eigenvalue weighted by Crippen LogP contribution is 2.27. The Kier molecular flexibility index (Phi) is 4.92. The molecule has 2 heterocycles. The molecule has 3 amide bonds. The molecule has 1 aromatic heterocycles. The second-order valence-corrected chi connectivity index (χ2v) is 6.35. The Balaban J connectivity index is 1.51. The lowest BCUT2D eigenvalue weighted by molar-refractivity contribution is -0.139. The van der Waals surface area contributed by atoms with Gasteiger partial charge < -0.3 is 5.32 Å². The van der Waals surface area contributed by atoms with Gasteiger partial charge in [-0.1, -0.05) is 18.2 Å². The molecule has 2 aromatic rings. The first kappa shape index (κ1) is 15.6. The van der Waals surface area contributed by atoms with Crippen LogP contribution in [0.3, 0.4) is 0 Å². The van der Waals surface area contributed by atoms with Gasteiger partial charge in [-0.3, -0.25) is 14.7 Å². The van der Waals surface area contributed by atoms with Crippen molar-refractivity contribution in [2.45, 2.75) is 23.9 Å². The van der Waals surface area contributed by atoms with E-state index in [2.05, 4.69) is 10.3 Å². The van der Waals surface area contributed by atoms with Crippen LogP contribution in [0.25, 0.3) is 0 Å². The van der Waals surface area contributed by atoms with Crippen molar-refractivity contribution >= 4 is 23.7 Å². The van der Waals surface area contributed by atoms with Crippen LogP contribution in [-0.4, -0.2) is 33.6 Å². The largest absolute Gasteiger partial charge is 0.334 e. The Morgan fingerprint density at radius 2 is 1.96 bits per heavy atom. The predicted molar refractivity (Wildman–Crippen MR) is 88.9 cm³/mol. The van der Waals surface area contributed by atoms with Crippen molar-refractivity contribution in [2.75, 3.05) is 5.75 Å². The topological polar surface area (TPSA) is 62.3 Å². The molecule has 1 aliphatic heterocycles. The number of amides is 3. The van der Waals surface area contributed by atoms with Gasteiger partial charge in [-0.25, -0.2) is 4.79 Å². The second kappa shape index (κ2) is 7.28. The van der Waals surface area contributed by atoms with E-state index >= 15 is 0 Å². The van der Waals surface area contributed by atoms with E-state index in [1.807, 2.05) is 42.5 Å². The van der Waals surface area contributed by atoms with E-state index in [1.165, 1.54) is 4.90 Å². The Labute approximate surface area is 139 Å². The van der Waals surface area contributed by atoms with Crippen molar-refractivity contribution in [1.29, 1.82) is 0 Å². The van der Waals surface area contributed by atoms with Gasteiger partial charge in [-0.2, -0.15) is 0 Å². The normalized spacial score (nSPS) is 16.8. The van der Waals surface area contributed by atoms with Crippen molar-refractivity contribution in [1.82, 2.24) is 15.2 Å². The van der Waals surface area contributed by atoms with Crippen LogP contribution in [0.5, 0.6) is 0 Å². The van der Waals surface area contributed by atoms with Gasteiger partial charge in [0, 0.05) is 36.0 Å². The lowest BCUT2D eigenvalue weighted by Crippen LogP contribution is -2.59. The summed E-state index contributed by atoms with van der Waals surface area (Å²) >= 11 is 1.66. The molecule has 5 nitrogen and oxygen atoms in total. The van der Waals surface area contributed by atoms with Crippen molar-refractivity contribution in [2.24, 2.45) is 0 Å². The number of hydrogen-bond acceptors (Lipinski definition) is 4. The first-order valence-corrected chi connectivity index (χ1v) is 8.39. The monoisotopic (exact) mass is 327 g/mol. The third kappa shape index (κ3) is 3.90. The molecule has 118 valence electrons. The number of β-lactam (4-membered cyclic amide) rings is 1. The smallest absolute Gasteiger partial charge is 0.324 e. The van der Waals surface area contributed by atoms with E-state index in [4.69, 9.17) is 0 Å². The average molecular weight is 327 g/mol. The number of imide groups is 1. The summed E-state index contributed by atoms with van der Waals surface area (Å²) in [6.07, 6.45) is 3.79. The molecular formula is C17H17N3O2S. The molecule has 1 saturated heterocycles. The predicted octanol–water partition coefficient (Wildman–Crippen LogP) is 2.68. The molecule has 1 fully saturated rings. The highest BCUT2D eigenvalue weighted by Gasteiger charge is 2.40. The lowest BCUT2D eigenvalue weighted by Gasteiger charge is -2.38. The summed E-state index contributed by atoms with van der Waals surface area (Å²) in [5.41, 5.74) is 0.955. The van der Waals surface area contributed by atoms with Gasteiger partial charge in [0.2, 0.25) is 5.91 Å². The molecule has 0 bridgehead atoms. The van der Waals surface area contributed by atoms with Crippen LogP contribution in [-0.2, 0) is 11.3 Å². The molecule has 1 atom stereocenters. The summed E-state index contributed by atoms with van der Waals surface area (Å²) in [5, 5.41) is 2.79. The maximum atomic E-state index is 12.2. The fourth-order valence-electron chi connectivity index (χ4n) is 2.37. The standard InChI is InChI=1S/C17H17N3O2S/c21-16-10-14(12-23-15-4-2-1-3-5-15)20(16)17(22)19-11-13-6-8-18-9-7-13/h1-9,14H,10-12H2,(H,19,22)/t14-/m1/s1. The van der Waals surface area contributed by atoms with E-state index in [1.54, 1.807) is 24.2 Å². The zero-order valence-electron chi connectivity index (χ0n) is 12.5. The van der Waals surface area contributed by atoms with E-state index in [9.17, 15) is 9.59 Å². The molecule has 0 unspecified atom stereocenters. The maximum absolute atomic E-state index is 12.2. The SMILES string of the molecule is O=C1C[C@H](CSc2ccccc2)N1C(=O)NCc1ccncc1. The number of carbonyl (C=O) groups excluding carboxylic acids is 2. The van der Waals surface area contributed by atoms with E-state index < -0.39 is 0 Å². The molecule has 1 aliphatic rings. The summed E-state index contributed by atoms with van der Waals surface area (Å²) < 4.78 is 0. The van der Waals surface area contributed by atoms with Gasteiger partial charge in [0.15, 0.2) is 0 Å². The Bertz CT molecular complexity index is 679. The molecule has 6 heteroatoms. The highest BCUT2D eigenvalue weighted by atomic mass is 32.2. The van der Waals surface area contributed by atoms with Crippen LogP contribution in [0, 0.1) is 0 Å². The minimum Gasteiger partial charge on any atom is -0.334 e. The number of nitrogens with zero attached hydrogens (tertiary/aromatic N) is 2. The number of urea groups is 1. The fourth-order valence-corrected chi connectivity index (χ4v) is 3.37. The Morgan fingerprint density at radius 3 is 2.65 bits per heavy atom. The molecule has 3 rings (SSSR count). The third-order valence-electron chi connectivity index (χ3n) is 3.64. The van der Waals surface area contributed by atoms with Crippen LogP contribution in [0.4, 0.5) is 4.79 Å². The van der Waals surface area contributed by atoms with Crippen LogP contribution in [0.2, 0.25) is 0 Å². The number of benzene rings is 1. The van der Waals surface area contributed by atoms with Crippen LogP contribution < -0.4 is 5.32 Å². The average Bonchev–Trinajstić information content (AvgIpc) is 2.58. The van der Waals surface area contributed by atoms with Crippen molar-refractivity contribution in [3.05, 3.63) is 60.4 Å². The van der Waals surface area contributed by atoms with Crippen LogP contribution >= 0.6 is 11.8 Å². The molecule has 0 radical (unpaired) electrons. The number of pyridine rings is 1. The van der Waals surface area contributed by atoms with Crippen molar-refractivity contribution < 1.29 is 9.59 Å². The maximum Gasteiger partial charge on any atom is 0.324 e. The molecule has 1 N–H and O–H groups in total. The van der Waals surface area contributed by atoms with Crippen LogP contribution in [0.15, 0.2) is 59.8 Å². The molecule has 0 saturated carbocycles. The highest BCUT2D eigenvalue weighted by molar-refractivity contribution is 7.99. The van der Waals surface area contributed by atoms with Crippen molar-refractivity contribution in [3.8, 4) is 0 Å². The van der Waals surface area contributed by atoms with Gasteiger partial charge in [-0.05, 0) is 29.8 Å². The molecule has 23 heavy (non-hydrogen) atoms. The van der Waals surface area contributed by atoms with Gasteiger partial charge in [0.1, 0.15) is 0 Å². The first-order chi connectivity index (χ1) is 11.2. The number of aromatic nitrogens is 1. The lowest BCUT2D eigenvalue weighted by atomic mass is 10.1. The summed E-state index contributed by atoms with van der Waals surface area (Å²) in [6, 6.07) is 13.3. The number of carbonyl (C=O) groups is 2. The molecular weight excluding hydrogens is 310 g/mol. The number of thioether (sulfide) groups is 1. The Hall–Kier alpha value is -2.34. The number of nitrogens with one attached hydrogen (secondary N) is 1. The summed E-state index contributed by atoms with van der Waals surface area (Å²) in [6.45, 7) is 0.393. The van der Waals surface area contributed by atoms with E-state index in [0.717, 1.165) is 16.2 Å². The van der Waals surface area contributed by atoms with Gasteiger partial charge in [0.05, 0.1) is 6.04 Å². The number of rotatable bonds is 5. The molecule has 1 aromatic carbocycles. The van der Waals surface area contributed by atoms with Crippen molar-refractivity contribution in [3.63, 3.8) is 0 Å². The minimum absolute atomic E-state index is 0.0369. The van der Waals surface area contributed by atoms with Gasteiger partial charge in [-0.15, -0.1) is 11.8 Å². The van der Waals surface area contributed by atoms with Crippen LogP contribution in [0.1, 0.15) is 12.0 Å². The zero-order valence-corrected chi connectivity index (χ0v) is 13.3. The Morgan fingerprint density at radius 1 is 1.22 bits per heavy atom. The van der Waals surface area contributed by atoms with E-state index in [-0.39, 0.29) is 18.0 Å². The fraction of sp³-hybridized carbons (Fsp3) is 0.235. The van der Waals surface area contributed by atoms with Gasteiger partial charge >= 0.3 is 6.03 Å². The first-order valence-electron chi connectivity index (χ1n) is 7.40. The van der Waals surface area contributed by atoms with E-state index in [0.29, 0.717) is 13.0 Å². The summed E-state index contributed by atoms with van der Waals surface area (Å²) in [7, 11) is 0. The summed E-state index contributed by atoms with van der Waals surface area (Å²) in [4.78, 5) is 30.4. The molecule has 0 spiro atoms. The summed E-state index contributed by atoms with van der Waals surface area (Å²) in [5.74, 6) is 0.606. The number of hydrogen-bond donors (Lipinski definition) is 1. The second-order valence-electron chi connectivity index (χ2n) is 5.26. The third-order valence-corrected chi connectivity index (χ3v) is 4.80. The minimum atomic E-state index is -0.322. The number of likely N-dealkylation sites (tertiary alicyclic amines) is 1. The van der Waals surface area contributed by atoms with Gasteiger partial charge in [0.25, 0.3) is 0 Å². The zero-order chi connectivity index (χ0) is 16.1. The molecule has 0 aliphatic carbocycles. The quantitative estimate of drug-likeness (QED) is 0.677.